The highest BCUT2D eigenvalue weighted by Gasteiger charge is 2.74. The summed E-state index contributed by atoms with van der Waals surface area (Å²) < 4.78 is 12.6. The molecule has 3 heterocycles. The van der Waals surface area contributed by atoms with Gasteiger partial charge in [0.25, 0.3) is 0 Å². The van der Waals surface area contributed by atoms with Gasteiger partial charge in [-0.3, -0.25) is 9.59 Å². The number of benzene rings is 3. The Labute approximate surface area is 214 Å². The molecule has 3 aromatic rings. The van der Waals surface area contributed by atoms with Gasteiger partial charge in [0, 0.05) is 17.2 Å². The summed E-state index contributed by atoms with van der Waals surface area (Å²) >= 11 is 0. The van der Waals surface area contributed by atoms with Gasteiger partial charge in [0.2, 0.25) is 11.8 Å². The summed E-state index contributed by atoms with van der Waals surface area (Å²) in [5.41, 5.74) is 0.152. The fourth-order valence-corrected chi connectivity index (χ4v) is 6.68. The Hall–Kier alpha value is -4.20. The van der Waals surface area contributed by atoms with E-state index in [0.29, 0.717) is 53.8 Å². The van der Waals surface area contributed by atoms with Crippen LogP contribution in [0.5, 0.6) is 5.75 Å². The minimum absolute atomic E-state index is 0.221. The molecular formula is C30H25N3O4. The Morgan fingerprint density at radius 2 is 1.59 bits per heavy atom. The third-order valence-corrected chi connectivity index (χ3v) is 8.46. The molecule has 2 unspecified atom stereocenters. The van der Waals surface area contributed by atoms with Crippen molar-refractivity contribution in [1.82, 2.24) is 0 Å². The lowest BCUT2D eigenvalue weighted by atomic mass is 9.66. The zero-order chi connectivity index (χ0) is 25.8. The van der Waals surface area contributed by atoms with Crippen molar-refractivity contribution in [3.05, 3.63) is 71.8 Å². The molecule has 7 nitrogen and oxygen atoms in total. The van der Waals surface area contributed by atoms with Gasteiger partial charge in [0.05, 0.1) is 58.6 Å². The zero-order valence-corrected chi connectivity index (χ0v) is 20.4. The largest absolute Gasteiger partial charge is 0.493 e. The molecule has 0 spiro atoms. The van der Waals surface area contributed by atoms with Crippen LogP contribution in [0.1, 0.15) is 43.7 Å². The predicted molar refractivity (Wildman–Crippen MR) is 135 cm³/mol. The van der Waals surface area contributed by atoms with Crippen LogP contribution in [0.2, 0.25) is 0 Å². The van der Waals surface area contributed by atoms with Gasteiger partial charge < -0.3 is 9.47 Å². The SMILES string of the molecule is CCC12CCC(CCOc3ccc(C#N)cc3)(O1)[C@H]1C(=O)N(c3ccc(C#N)c4ccccc34)C(=O)[C@H]12. The van der Waals surface area contributed by atoms with E-state index in [2.05, 4.69) is 12.1 Å². The highest BCUT2D eigenvalue weighted by molar-refractivity contribution is 6.26. The fraction of sp³-hybridized carbons (Fsp3) is 0.333. The van der Waals surface area contributed by atoms with Crippen LogP contribution in [0.4, 0.5) is 5.69 Å². The number of hydrogen-bond acceptors (Lipinski definition) is 6. The summed E-state index contributed by atoms with van der Waals surface area (Å²) in [4.78, 5) is 29.3. The maximum atomic E-state index is 14.0. The van der Waals surface area contributed by atoms with E-state index in [9.17, 15) is 14.9 Å². The van der Waals surface area contributed by atoms with Crippen LogP contribution in [0.25, 0.3) is 10.8 Å². The number of carbonyl (C=O) groups excluding carboxylic acids is 2. The first-order valence-corrected chi connectivity index (χ1v) is 12.6. The van der Waals surface area contributed by atoms with E-state index in [1.165, 1.54) is 4.90 Å². The molecule has 6 rings (SSSR count). The standard InChI is InChI=1S/C30H25N3O4/c1-2-29-13-14-30(37-29,15-16-36-21-10-7-19(17-31)8-11-21)26-25(29)27(34)33(28(26)35)24-12-9-20(18-32)22-5-3-4-6-23(22)24/h3-12,25-26H,2,13-16H2,1H3/t25-,26+,29?,30?/m0/s1. The van der Waals surface area contributed by atoms with Gasteiger partial charge >= 0.3 is 0 Å². The van der Waals surface area contributed by atoms with E-state index in [1.54, 1.807) is 36.4 Å². The minimum Gasteiger partial charge on any atom is -0.493 e. The average Bonchev–Trinajstić information content (AvgIpc) is 3.55. The van der Waals surface area contributed by atoms with E-state index in [0.717, 1.165) is 11.8 Å². The van der Waals surface area contributed by atoms with E-state index in [1.807, 2.05) is 31.2 Å². The second-order valence-electron chi connectivity index (χ2n) is 10.1. The first kappa shape index (κ1) is 23.2. The molecule has 2 amide bonds. The number of nitrogens with zero attached hydrogens (tertiary/aromatic N) is 3. The van der Waals surface area contributed by atoms with Crippen LogP contribution >= 0.6 is 0 Å². The molecule has 184 valence electrons. The van der Waals surface area contributed by atoms with Gasteiger partial charge in [-0.15, -0.1) is 0 Å². The van der Waals surface area contributed by atoms with Crippen LogP contribution in [-0.4, -0.2) is 29.6 Å². The average molecular weight is 492 g/mol. The maximum Gasteiger partial charge on any atom is 0.240 e. The summed E-state index contributed by atoms with van der Waals surface area (Å²) in [7, 11) is 0. The Morgan fingerprint density at radius 3 is 2.27 bits per heavy atom. The number of nitriles is 2. The fourth-order valence-electron chi connectivity index (χ4n) is 6.68. The van der Waals surface area contributed by atoms with Crippen molar-refractivity contribution in [1.29, 1.82) is 10.5 Å². The van der Waals surface area contributed by atoms with E-state index < -0.39 is 23.0 Å². The molecule has 3 aliphatic rings. The van der Waals surface area contributed by atoms with Gasteiger partial charge in [-0.1, -0.05) is 31.2 Å². The molecule has 0 aliphatic carbocycles. The summed E-state index contributed by atoms with van der Waals surface area (Å²) in [6.45, 7) is 2.35. The Bertz CT molecular complexity index is 1520. The number of hydrogen-bond donors (Lipinski definition) is 0. The van der Waals surface area contributed by atoms with Crippen LogP contribution < -0.4 is 9.64 Å². The third-order valence-electron chi connectivity index (χ3n) is 8.46. The zero-order valence-electron chi connectivity index (χ0n) is 20.4. The van der Waals surface area contributed by atoms with E-state index >= 15 is 0 Å². The van der Waals surface area contributed by atoms with Gasteiger partial charge in [-0.25, -0.2) is 4.90 Å². The molecule has 3 aliphatic heterocycles. The number of anilines is 1. The monoisotopic (exact) mass is 491 g/mol. The quantitative estimate of drug-likeness (QED) is 0.456. The summed E-state index contributed by atoms with van der Waals surface area (Å²) in [5, 5.41) is 20.0. The topological polar surface area (TPSA) is 103 Å². The highest BCUT2D eigenvalue weighted by atomic mass is 16.5. The number of amides is 2. The van der Waals surface area contributed by atoms with Crippen molar-refractivity contribution >= 4 is 28.3 Å². The lowest BCUT2D eigenvalue weighted by Crippen LogP contribution is -2.43. The summed E-state index contributed by atoms with van der Waals surface area (Å²) in [6, 6.07) is 22.0. The minimum atomic E-state index is -0.767. The second-order valence-corrected chi connectivity index (χ2v) is 10.1. The summed E-state index contributed by atoms with van der Waals surface area (Å²) in [6.07, 6.45) is 2.55. The van der Waals surface area contributed by atoms with Crippen LogP contribution in [-0.2, 0) is 14.3 Å². The Kier molecular flexibility index (Phi) is 5.29. The van der Waals surface area contributed by atoms with E-state index in [4.69, 9.17) is 14.7 Å². The normalized spacial score (nSPS) is 27.8. The first-order valence-electron chi connectivity index (χ1n) is 12.6. The number of carbonyl (C=O) groups is 2. The Morgan fingerprint density at radius 1 is 0.919 bits per heavy atom. The van der Waals surface area contributed by atoms with Gasteiger partial charge in [-0.05, 0) is 55.7 Å². The third kappa shape index (κ3) is 3.28. The molecule has 0 radical (unpaired) electrons. The highest BCUT2D eigenvalue weighted by Crippen LogP contribution is 2.63. The molecule has 37 heavy (non-hydrogen) atoms. The number of ether oxygens (including phenoxy) is 2. The van der Waals surface area contributed by atoms with Crippen molar-refractivity contribution in [2.75, 3.05) is 11.5 Å². The molecular weight excluding hydrogens is 466 g/mol. The lowest BCUT2D eigenvalue weighted by Gasteiger charge is -2.31. The van der Waals surface area contributed by atoms with Crippen LogP contribution in [0.15, 0.2) is 60.7 Å². The van der Waals surface area contributed by atoms with Gasteiger partial charge in [-0.2, -0.15) is 10.5 Å². The Balaban J connectivity index is 1.33. The van der Waals surface area contributed by atoms with Gasteiger partial charge in [0.1, 0.15) is 5.75 Å². The smallest absolute Gasteiger partial charge is 0.240 e. The van der Waals surface area contributed by atoms with Crippen molar-refractivity contribution in [3.8, 4) is 17.9 Å². The molecule has 0 aromatic heterocycles. The maximum absolute atomic E-state index is 14.0. The first-order chi connectivity index (χ1) is 18.0. The van der Waals surface area contributed by atoms with Crippen molar-refractivity contribution in [2.45, 2.75) is 43.8 Å². The predicted octanol–water partition coefficient (Wildman–Crippen LogP) is 4.87. The number of rotatable bonds is 6. The number of fused-ring (bicyclic) bond motifs is 6. The van der Waals surface area contributed by atoms with Crippen molar-refractivity contribution < 1.29 is 19.1 Å². The van der Waals surface area contributed by atoms with Crippen molar-refractivity contribution in [3.63, 3.8) is 0 Å². The molecule has 3 fully saturated rings. The summed E-state index contributed by atoms with van der Waals surface area (Å²) in [5.74, 6) is -0.931. The molecule has 4 atom stereocenters. The van der Waals surface area contributed by atoms with Gasteiger partial charge in [0.15, 0.2) is 0 Å². The van der Waals surface area contributed by atoms with Crippen molar-refractivity contribution in [2.24, 2.45) is 11.8 Å². The van der Waals surface area contributed by atoms with E-state index in [-0.39, 0.29) is 11.8 Å². The van der Waals surface area contributed by atoms with Crippen LogP contribution in [0, 0.1) is 34.5 Å². The van der Waals surface area contributed by atoms with Crippen LogP contribution in [0.3, 0.4) is 0 Å². The molecule has 0 N–H and O–H groups in total. The second kappa shape index (κ2) is 8.44. The lowest BCUT2D eigenvalue weighted by molar-refractivity contribution is -0.132. The molecule has 3 aromatic carbocycles. The number of imide groups is 1. The molecule has 0 saturated carbocycles. The molecule has 3 saturated heterocycles. The molecule has 7 heteroatoms. The molecule has 2 bridgehead atoms.